The zero-order valence-corrected chi connectivity index (χ0v) is 11.6. The van der Waals surface area contributed by atoms with E-state index in [1.54, 1.807) is 26.3 Å². The molecule has 0 aromatic carbocycles. The van der Waals surface area contributed by atoms with Crippen LogP contribution in [0, 0.1) is 5.92 Å². The van der Waals surface area contributed by atoms with Crippen LogP contribution in [-0.2, 0) is 16.5 Å². The van der Waals surface area contributed by atoms with Crippen LogP contribution in [0.4, 0.5) is 0 Å². The van der Waals surface area contributed by atoms with Crippen molar-refractivity contribution < 1.29 is 17.7 Å². The molecule has 0 fully saturated rings. The van der Waals surface area contributed by atoms with E-state index in [0.717, 1.165) is 17.1 Å². The molecule has 2 aromatic heterocycles. The van der Waals surface area contributed by atoms with Crippen molar-refractivity contribution in [3.8, 4) is 5.75 Å². The molecule has 2 aromatic rings. The van der Waals surface area contributed by atoms with Crippen LogP contribution in [0.15, 0.2) is 24.5 Å². The Morgan fingerprint density at radius 2 is 2.26 bits per heavy atom. The highest BCUT2D eigenvalue weighted by Gasteiger charge is 2.15. The molecule has 19 heavy (non-hydrogen) atoms. The number of hydrogen-bond acceptors (Lipinski definition) is 4. The van der Waals surface area contributed by atoms with Gasteiger partial charge >= 0.3 is 0 Å². The summed E-state index contributed by atoms with van der Waals surface area (Å²) in [5.74, 6) is 0.281. The molecule has 0 aliphatic rings. The zero-order valence-electron chi connectivity index (χ0n) is 10.8. The van der Waals surface area contributed by atoms with E-state index >= 15 is 0 Å². The molecule has 0 saturated heterocycles. The van der Waals surface area contributed by atoms with Crippen molar-refractivity contribution in [2.45, 2.75) is 13.3 Å². The SMILES string of the molecule is COc1ccn2c(CC(C)CS(=O)(=O)O)cnc2c1. The quantitative estimate of drug-likeness (QED) is 0.840. The highest BCUT2D eigenvalue weighted by molar-refractivity contribution is 7.85. The summed E-state index contributed by atoms with van der Waals surface area (Å²) >= 11 is 0. The van der Waals surface area contributed by atoms with Crippen LogP contribution in [0.1, 0.15) is 12.6 Å². The molecule has 2 heterocycles. The Labute approximate surface area is 111 Å². The number of ether oxygens (including phenoxy) is 1. The molecule has 0 spiro atoms. The van der Waals surface area contributed by atoms with Crippen LogP contribution in [0.2, 0.25) is 0 Å². The number of imidazole rings is 1. The number of rotatable bonds is 5. The molecule has 1 unspecified atom stereocenters. The Bertz CT molecular complexity index is 678. The maximum Gasteiger partial charge on any atom is 0.265 e. The van der Waals surface area contributed by atoms with E-state index in [9.17, 15) is 8.42 Å². The lowest BCUT2D eigenvalue weighted by Crippen LogP contribution is -2.15. The second-order valence-electron chi connectivity index (χ2n) is 4.60. The second kappa shape index (κ2) is 5.18. The average molecular weight is 284 g/mol. The Morgan fingerprint density at radius 3 is 2.89 bits per heavy atom. The van der Waals surface area contributed by atoms with Gasteiger partial charge in [0.05, 0.1) is 12.9 Å². The number of fused-ring (bicyclic) bond motifs is 1. The van der Waals surface area contributed by atoms with E-state index in [2.05, 4.69) is 4.98 Å². The molecule has 104 valence electrons. The highest BCUT2D eigenvalue weighted by Crippen LogP contribution is 2.17. The van der Waals surface area contributed by atoms with Crippen LogP contribution < -0.4 is 4.74 Å². The lowest BCUT2D eigenvalue weighted by Gasteiger charge is -2.09. The number of nitrogens with zero attached hydrogens (tertiary/aromatic N) is 2. The van der Waals surface area contributed by atoms with Gasteiger partial charge in [-0.3, -0.25) is 4.55 Å². The van der Waals surface area contributed by atoms with Crippen LogP contribution in [-0.4, -0.2) is 35.2 Å². The van der Waals surface area contributed by atoms with Gasteiger partial charge in [0.25, 0.3) is 10.1 Å². The van der Waals surface area contributed by atoms with Gasteiger partial charge in [-0.05, 0) is 18.4 Å². The first-order chi connectivity index (χ1) is 8.89. The van der Waals surface area contributed by atoms with E-state index in [0.29, 0.717) is 6.42 Å². The van der Waals surface area contributed by atoms with E-state index in [1.165, 1.54) is 0 Å². The van der Waals surface area contributed by atoms with Gasteiger partial charge in [-0.1, -0.05) is 6.92 Å². The lowest BCUT2D eigenvalue weighted by atomic mass is 10.1. The molecule has 7 heteroatoms. The topological polar surface area (TPSA) is 80.9 Å². The first kappa shape index (κ1) is 13.8. The van der Waals surface area contributed by atoms with Crippen molar-refractivity contribution in [1.82, 2.24) is 9.38 Å². The molecule has 1 atom stereocenters. The average Bonchev–Trinajstić information content (AvgIpc) is 2.69. The van der Waals surface area contributed by atoms with Crippen molar-refractivity contribution in [2.75, 3.05) is 12.9 Å². The molecular formula is C12H16N2O4S. The summed E-state index contributed by atoms with van der Waals surface area (Å²) in [6.45, 7) is 1.77. The molecule has 0 aliphatic carbocycles. The molecule has 0 aliphatic heterocycles. The minimum atomic E-state index is -3.94. The van der Waals surface area contributed by atoms with Gasteiger partial charge in [-0.2, -0.15) is 8.42 Å². The predicted molar refractivity (Wildman–Crippen MR) is 71.0 cm³/mol. The number of aromatic nitrogens is 2. The smallest absolute Gasteiger partial charge is 0.265 e. The van der Waals surface area contributed by atoms with E-state index in [-0.39, 0.29) is 11.7 Å². The standard InChI is InChI=1S/C12H16N2O4S/c1-9(8-19(15,16)17)5-10-7-13-12-6-11(18-2)3-4-14(10)12/h3-4,6-7,9H,5,8H2,1-2H3,(H,15,16,17). The fraction of sp³-hybridized carbons (Fsp3) is 0.417. The number of pyridine rings is 1. The third-order valence-electron chi connectivity index (χ3n) is 2.85. The molecular weight excluding hydrogens is 268 g/mol. The molecule has 0 radical (unpaired) electrons. The van der Waals surface area contributed by atoms with Crippen LogP contribution in [0.25, 0.3) is 5.65 Å². The summed E-state index contributed by atoms with van der Waals surface area (Å²) in [4.78, 5) is 4.25. The second-order valence-corrected chi connectivity index (χ2v) is 6.10. The predicted octanol–water partition coefficient (Wildman–Crippen LogP) is 1.41. The van der Waals surface area contributed by atoms with Crippen molar-refractivity contribution in [2.24, 2.45) is 5.92 Å². The largest absolute Gasteiger partial charge is 0.497 e. The molecule has 0 amide bonds. The third-order valence-corrected chi connectivity index (χ3v) is 3.84. The number of methoxy groups -OCH3 is 1. The monoisotopic (exact) mass is 284 g/mol. The summed E-state index contributed by atoms with van der Waals surface area (Å²) in [5, 5.41) is 0. The van der Waals surface area contributed by atoms with Gasteiger partial charge in [0, 0.05) is 24.2 Å². The fourth-order valence-electron chi connectivity index (χ4n) is 2.07. The Kier molecular flexibility index (Phi) is 3.77. The highest BCUT2D eigenvalue weighted by atomic mass is 32.2. The molecule has 0 bridgehead atoms. The van der Waals surface area contributed by atoms with Crippen molar-refractivity contribution in [1.29, 1.82) is 0 Å². The molecule has 2 rings (SSSR count). The maximum atomic E-state index is 10.8. The van der Waals surface area contributed by atoms with E-state index < -0.39 is 10.1 Å². The van der Waals surface area contributed by atoms with Crippen molar-refractivity contribution >= 4 is 15.8 Å². The zero-order chi connectivity index (χ0) is 14.0. The minimum Gasteiger partial charge on any atom is -0.497 e. The first-order valence-electron chi connectivity index (χ1n) is 5.84. The third kappa shape index (κ3) is 3.45. The lowest BCUT2D eigenvalue weighted by molar-refractivity contribution is 0.414. The summed E-state index contributed by atoms with van der Waals surface area (Å²) in [7, 11) is -2.35. The van der Waals surface area contributed by atoms with Gasteiger partial charge in [0.1, 0.15) is 11.4 Å². The van der Waals surface area contributed by atoms with Gasteiger partial charge in [0.15, 0.2) is 0 Å². The van der Waals surface area contributed by atoms with Gasteiger partial charge in [-0.15, -0.1) is 0 Å². The molecule has 1 N–H and O–H groups in total. The first-order valence-corrected chi connectivity index (χ1v) is 7.45. The Morgan fingerprint density at radius 1 is 1.53 bits per heavy atom. The van der Waals surface area contributed by atoms with Crippen molar-refractivity contribution in [3.05, 3.63) is 30.2 Å². The van der Waals surface area contributed by atoms with Gasteiger partial charge in [-0.25, -0.2) is 4.98 Å². The summed E-state index contributed by atoms with van der Waals surface area (Å²) < 4.78 is 37.5. The summed E-state index contributed by atoms with van der Waals surface area (Å²) in [6.07, 6.45) is 4.05. The Hall–Kier alpha value is -1.60. The van der Waals surface area contributed by atoms with Crippen molar-refractivity contribution in [3.63, 3.8) is 0 Å². The van der Waals surface area contributed by atoms with E-state index in [4.69, 9.17) is 9.29 Å². The summed E-state index contributed by atoms with van der Waals surface area (Å²) in [5.41, 5.74) is 1.64. The maximum absolute atomic E-state index is 10.8. The van der Waals surface area contributed by atoms with Gasteiger partial charge < -0.3 is 9.14 Å². The normalized spacial score (nSPS) is 13.6. The summed E-state index contributed by atoms with van der Waals surface area (Å²) in [6, 6.07) is 3.61. The van der Waals surface area contributed by atoms with Crippen LogP contribution in [0.5, 0.6) is 5.75 Å². The molecule has 0 saturated carbocycles. The molecule has 6 nitrogen and oxygen atoms in total. The fourth-order valence-corrected chi connectivity index (χ4v) is 2.90. The minimum absolute atomic E-state index is 0.183. The van der Waals surface area contributed by atoms with Crippen LogP contribution in [0.3, 0.4) is 0 Å². The van der Waals surface area contributed by atoms with Crippen LogP contribution >= 0.6 is 0 Å². The van der Waals surface area contributed by atoms with Gasteiger partial charge in [0.2, 0.25) is 0 Å². The van der Waals surface area contributed by atoms with E-state index in [1.807, 2.05) is 16.7 Å². The number of hydrogen-bond donors (Lipinski definition) is 1. The Balaban J connectivity index is 2.22.